The van der Waals surface area contributed by atoms with E-state index in [0.29, 0.717) is 6.41 Å². The van der Waals surface area contributed by atoms with Gasteiger partial charge in [0, 0.05) is 2.85 Å². The van der Waals surface area contributed by atoms with Crippen LogP contribution in [0.25, 0.3) is 0 Å². The predicted octanol–water partition coefficient (Wildman–Crippen LogP) is 3.67. The molecular formula is C9H26N2OS. The summed E-state index contributed by atoms with van der Waals surface area (Å²) in [7, 11) is 0. The molecule has 13 heavy (non-hydrogen) atoms. The minimum Gasteiger partial charge on any atom is -0.276 e. The number of carbonyl (C=O) groups is 1. The van der Waals surface area contributed by atoms with E-state index in [0.717, 1.165) is 0 Å². The average molecular weight is 214 g/mol. The van der Waals surface area contributed by atoms with Crippen LogP contribution in [-0.2, 0) is 4.79 Å². The summed E-state index contributed by atoms with van der Waals surface area (Å²) in [5, 5.41) is 0. The van der Waals surface area contributed by atoms with Crippen molar-refractivity contribution in [3.8, 4) is 0 Å². The maximum absolute atomic E-state index is 8.94. The Morgan fingerprint density at radius 2 is 1.31 bits per heavy atom. The van der Waals surface area contributed by atoms with Gasteiger partial charge in [-0.15, -0.1) is 0 Å². The number of rotatable bonds is 2. The summed E-state index contributed by atoms with van der Waals surface area (Å²) in [6.45, 7) is 13.9. The summed E-state index contributed by atoms with van der Waals surface area (Å²) in [6, 6.07) is 0. The van der Waals surface area contributed by atoms with Crippen molar-refractivity contribution in [3.63, 3.8) is 0 Å². The first-order chi connectivity index (χ1) is 5.83. The third-order valence-corrected chi connectivity index (χ3v) is 0.298. The van der Waals surface area contributed by atoms with Gasteiger partial charge in [-0.1, -0.05) is 47.3 Å². The van der Waals surface area contributed by atoms with Gasteiger partial charge in [-0.05, 0) is 13.4 Å². The van der Waals surface area contributed by atoms with Crippen LogP contribution in [0.15, 0.2) is 9.98 Å². The van der Waals surface area contributed by atoms with E-state index < -0.39 is 0 Å². The zero-order chi connectivity index (χ0) is 10.8. The fourth-order valence-electron chi connectivity index (χ4n) is 0. The lowest BCUT2D eigenvalue weighted by Gasteiger charge is -1.45. The van der Waals surface area contributed by atoms with Gasteiger partial charge in [-0.2, -0.15) is 0 Å². The fraction of sp³-hybridized carbons (Fsp3) is 0.556. The molecule has 0 unspecified atom stereocenters. The Morgan fingerprint density at radius 1 is 1.15 bits per heavy atom. The van der Waals surface area contributed by atoms with Crippen LogP contribution in [0.2, 0.25) is 0 Å². The number of hydrogen-bond donors (Lipinski definition) is 0. The largest absolute Gasteiger partial charge is 0.276 e. The molecule has 0 aromatic carbocycles. The number of carbonyl (C=O) groups excluding carboxylic acids is 1. The highest BCUT2D eigenvalue weighted by atomic mass is 32.1. The molecule has 0 saturated carbocycles. The highest BCUT2D eigenvalue weighted by Gasteiger charge is 1.36. The van der Waals surface area contributed by atoms with E-state index >= 15 is 0 Å². The summed E-state index contributed by atoms with van der Waals surface area (Å²) in [6.07, 6.45) is 0.389. The van der Waals surface area contributed by atoms with E-state index in [1.54, 1.807) is 0 Å². The molecule has 0 radical (unpaired) electrons. The number of nitrogens with zero attached hydrogens (tertiary/aromatic N) is 2. The van der Waals surface area contributed by atoms with Crippen molar-refractivity contribution < 1.29 is 7.65 Å². The minimum atomic E-state index is 0. The van der Waals surface area contributed by atoms with Crippen LogP contribution in [0, 0.1) is 0 Å². The molecule has 3 nitrogen and oxygen atoms in total. The van der Waals surface area contributed by atoms with E-state index in [9.17, 15) is 0 Å². The number of amides is 1. The normalized spacial score (nSPS) is 4.00. The minimum absolute atomic E-state index is 0. The van der Waals surface area contributed by atoms with Crippen LogP contribution < -0.4 is 0 Å². The number of hydrogen-bond acceptors (Lipinski definition) is 2. The second-order valence-electron chi connectivity index (χ2n) is 0.576. The van der Waals surface area contributed by atoms with E-state index in [-0.39, 0.29) is 10.3 Å². The van der Waals surface area contributed by atoms with Gasteiger partial charge in [0.15, 0.2) is 0 Å². The summed E-state index contributed by atoms with van der Waals surface area (Å²) >= 11 is 4.20. The maximum atomic E-state index is 8.94. The molecule has 0 fully saturated rings. The molecule has 0 aliphatic rings. The second-order valence-corrected chi connectivity index (χ2v) is 0.787. The molecule has 0 aromatic rings. The van der Waals surface area contributed by atoms with Crippen molar-refractivity contribution in [1.82, 2.24) is 0 Å². The first-order valence-corrected chi connectivity index (χ1v) is 4.09. The van der Waals surface area contributed by atoms with Crippen LogP contribution in [-0.4, -0.2) is 25.3 Å². The van der Waals surface area contributed by atoms with Gasteiger partial charge < -0.3 is 0 Å². The first kappa shape index (κ1) is 29.6. The molecule has 0 aliphatic carbocycles. The van der Waals surface area contributed by atoms with Gasteiger partial charge in [-0.3, -0.25) is 9.79 Å². The topological polar surface area (TPSA) is 41.8 Å². The lowest BCUT2D eigenvalue weighted by Crippen LogP contribution is -1.47. The Bertz CT molecular complexity index is 80.1. The average Bonchev–Trinajstić information content (AvgIpc) is 2.23. The molecule has 0 saturated heterocycles. The van der Waals surface area contributed by atoms with E-state index in [2.05, 4.69) is 35.6 Å². The molecule has 0 atom stereocenters. The molecule has 0 aromatic heterocycles. The van der Waals surface area contributed by atoms with Crippen LogP contribution in [0.5, 0.6) is 0 Å². The lowest BCUT2D eigenvalue weighted by molar-refractivity contribution is -0.106. The van der Waals surface area contributed by atoms with Crippen molar-refractivity contribution in [2.45, 2.75) is 35.1 Å². The third-order valence-electron chi connectivity index (χ3n) is 0.149. The van der Waals surface area contributed by atoms with Crippen molar-refractivity contribution >= 4 is 37.6 Å². The summed E-state index contributed by atoms with van der Waals surface area (Å²) in [5.74, 6) is 0. The predicted molar refractivity (Wildman–Crippen MR) is 72.5 cm³/mol. The fourth-order valence-corrected chi connectivity index (χ4v) is 0. The standard InChI is InChI=1S/C2H3NO.C2H3NS.2C2H6.CH4.2H2/c2*1-3-2-4;2*1-2;;;/h2*2H,1H2;2*1-2H3;1H4;2*1H/i;;;;;2*1+2. The maximum Gasteiger partial charge on any atom is 0.232 e. The molecule has 0 spiro atoms. The summed E-state index contributed by atoms with van der Waals surface area (Å²) in [4.78, 5) is 14.9. The quantitative estimate of drug-likeness (QED) is 0.400. The molecule has 0 rings (SSSR count). The Balaban J connectivity index is -0.0000000112. The first-order valence-electron chi connectivity index (χ1n) is 3.62. The van der Waals surface area contributed by atoms with Crippen molar-refractivity contribution in [2.24, 2.45) is 9.98 Å². The van der Waals surface area contributed by atoms with E-state index in [1.807, 2.05) is 27.7 Å². The summed E-state index contributed by atoms with van der Waals surface area (Å²) < 4.78 is 0. The molecule has 0 bridgehead atoms. The van der Waals surface area contributed by atoms with Crippen LogP contribution in [0.1, 0.15) is 38.0 Å². The van der Waals surface area contributed by atoms with E-state index in [1.165, 1.54) is 5.49 Å². The SMILES string of the molecule is C.C=NC=O.C=NC=S.CC.CC.[3HH].[3HH]. The zero-order valence-electron chi connectivity index (χ0n) is 8.28. The van der Waals surface area contributed by atoms with Gasteiger partial charge in [-0.25, -0.2) is 4.99 Å². The molecule has 1 amide bonds. The summed E-state index contributed by atoms with van der Waals surface area (Å²) in [5.41, 5.74) is 1.22. The Morgan fingerprint density at radius 3 is 1.31 bits per heavy atom. The van der Waals surface area contributed by atoms with Crippen LogP contribution in [0.4, 0.5) is 0 Å². The highest BCUT2D eigenvalue weighted by Crippen LogP contribution is 1.42. The van der Waals surface area contributed by atoms with Gasteiger partial charge in [0.05, 0.1) is 5.49 Å². The number of thiocarbonyl (C=S) groups is 1. The Kier molecular flexibility index (Phi) is 268. The molecular weight excluding hydrogens is 184 g/mol. The monoisotopic (exact) mass is 214 g/mol. The highest BCUT2D eigenvalue weighted by molar-refractivity contribution is 7.78. The van der Waals surface area contributed by atoms with Crippen molar-refractivity contribution in [1.29, 1.82) is 0 Å². The molecule has 84 valence electrons. The van der Waals surface area contributed by atoms with Crippen molar-refractivity contribution in [3.05, 3.63) is 0 Å². The van der Waals surface area contributed by atoms with Gasteiger partial charge in [0.25, 0.3) is 0 Å². The van der Waals surface area contributed by atoms with Gasteiger partial charge in [0.1, 0.15) is 0 Å². The van der Waals surface area contributed by atoms with Gasteiger partial charge in [0.2, 0.25) is 6.41 Å². The van der Waals surface area contributed by atoms with Crippen LogP contribution in [0.3, 0.4) is 0 Å². The molecule has 4 heteroatoms. The number of aliphatic imine (C=N–C) groups is 2. The van der Waals surface area contributed by atoms with Crippen LogP contribution >= 0.6 is 12.2 Å². The molecule has 0 N–H and O–H groups in total. The van der Waals surface area contributed by atoms with E-state index in [4.69, 9.17) is 4.79 Å². The second kappa shape index (κ2) is 118. The van der Waals surface area contributed by atoms with Gasteiger partial charge >= 0.3 is 0 Å². The Labute approximate surface area is 91.0 Å². The smallest absolute Gasteiger partial charge is 0.232 e. The zero-order valence-corrected chi connectivity index (χ0v) is 9.10. The third kappa shape index (κ3) is 760. The molecule has 0 aliphatic heterocycles. The lowest BCUT2D eigenvalue weighted by atomic mass is 11.0. The molecule has 0 heterocycles. The Hall–Kier alpha value is -0.900. The van der Waals surface area contributed by atoms with Crippen molar-refractivity contribution in [2.75, 3.05) is 0 Å².